The normalized spacial score (nSPS) is 20.6. The Balaban J connectivity index is 1.55. The lowest BCUT2D eigenvalue weighted by Gasteiger charge is -2.14. The topological polar surface area (TPSA) is 63.7 Å². The molecule has 4 rings (SSSR count). The van der Waals surface area contributed by atoms with E-state index in [1.54, 1.807) is 0 Å². The molecule has 0 radical (unpaired) electrons. The van der Waals surface area contributed by atoms with Crippen LogP contribution in [0.15, 0.2) is 11.1 Å². The van der Waals surface area contributed by atoms with Gasteiger partial charge in [-0.05, 0) is 51.4 Å². The highest BCUT2D eigenvalue weighted by Gasteiger charge is 2.42. The van der Waals surface area contributed by atoms with E-state index < -0.39 is 22.9 Å². The Labute approximate surface area is 165 Å². The summed E-state index contributed by atoms with van der Waals surface area (Å²) in [5, 5.41) is -0.785. The van der Waals surface area contributed by atoms with Crippen LogP contribution in [0.1, 0.15) is 56.2 Å². The number of anilines is 1. The maximum Gasteiger partial charge on any atom is 0.311 e. The Morgan fingerprint density at radius 3 is 2.30 bits per heavy atom. The van der Waals surface area contributed by atoms with Gasteiger partial charge in [0.25, 0.3) is 11.8 Å². The summed E-state index contributed by atoms with van der Waals surface area (Å²) in [5.74, 6) is -1.45. The van der Waals surface area contributed by atoms with Crippen LogP contribution in [0.5, 0.6) is 0 Å². The molecule has 2 heterocycles. The van der Waals surface area contributed by atoms with Crippen LogP contribution in [0.25, 0.3) is 0 Å². The quantitative estimate of drug-likeness (QED) is 0.547. The Hall–Kier alpha value is -1.73. The van der Waals surface area contributed by atoms with E-state index in [2.05, 4.69) is 0 Å². The molecule has 0 unspecified atom stereocenters. The number of rotatable bonds is 4. The van der Waals surface area contributed by atoms with E-state index in [0.717, 1.165) is 43.4 Å². The van der Waals surface area contributed by atoms with E-state index >= 15 is 0 Å². The summed E-state index contributed by atoms with van der Waals surface area (Å²) in [5.41, 5.74) is 0.708. The molecular formula is C19H19ClFNO4S. The molecule has 8 heteroatoms. The minimum atomic E-state index is -0.731. The third-order valence-corrected chi connectivity index (χ3v) is 6.86. The number of thiophene rings is 1. The van der Waals surface area contributed by atoms with Gasteiger partial charge >= 0.3 is 5.97 Å². The molecule has 0 saturated heterocycles. The summed E-state index contributed by atoms with van der Waals surface area (Å²) in [7, 11) is 0. The molecular weight excluding hydrogens is 393 g/mol. The molecule has 2 aliphatic carbocycles. The maximum atomic E-state index is 14.6. The van der Waals surface area contributed by atoms with Crippen LogP contribution < -0.4 is 4.90 Å². The summed E-state index contributed by atoms with van der Waals surface area (Å²) < 4.78 is 20.0. The molecule has 1 aromatic heterocycles. The van der Waals surface area contributed by atoms with E-state index in [1.807, 2.05) is 0 Å². The molecule has 144 valence electrons. The zero-order chi connectivity index (χ0) is 19.1. The van der Waals surface area contributed by atoms with Crippen LogP contribution in [-0.2, 0) is 25.5 Å². The van der Waals surface area contributed by atoms with Crippen molar-refractivity contribution in [3.63, 3.8) is 0 Å². The summed E-state index contributed by atoms with van der Waals surface area (Å²) in [6, 6.07) is 0. The molecule has 1 aliphatic heterocycles. The van der Waals surface area contributed by atoms with Crippen LogP contribution in [0.4, 0.5) is 10.1 Å². The van der Waals surface area contributed by atoms with Gasteiger partial charge in [-0.2, -0.15) is 4.39 Å². The Morgan fingerprint density at radius 2 is 1.70 bits per heavy atom. The number of halogens is 2. The lowest BCUT2D eigenvalue weighted by Crippen LogP contribution is -2.32. The van der Waals surface area contributed by atoms with Gasteiger partial charge in [-0.25, -0.2) is 4.90 Å². The molecule has 0 atom stereocenters. The van der Waals surface area contributed by atoms with Crippen molar-refractivity contribution in [3.05, 3.63) is 26.2 Å². The molecule has 0 spiro atoms. The summed E-state index contributed by atoms with van der Waals surface area (Å²) >= 11 is 6.98. The number of hydrogen-bond acceptors (Lipinski definition) is 5. The number of esters is 1. The molecule has 5 nitrogen and oxygen atoms in total. The Morgan fingerprint density at radius 1 is 1.11 bits per heavy atom. The molecule has 2 amide bonds. The zero-order valence-electron chi connectivity index (χ0n) is 14.7. The van der Waals surface area contributed by atoms with Crippen molar-refractivity contribution in [1.29, 1.82) is 0 Å². The number of ether oxygens (including phenoxy) is 1. The Kier molecular flexibility index (Phi) is 5.07. The predicted octanol–water partition coefficient (Wildman–Crippen LogP) is 4.31. The second-order valence-electron chi connectivity index (χ2n) is 7.14. The highest BCUT2D eigenvalue weighted by Crippen LogP contribution is 2.44. The molecule has 3 aliphatic rings. The van der Waals surface area contributed by atoms with E-state index in [9.17, 15) is 18.8 Å². The number of amides is 2. The van der Waals surface area contributed by atoms with Gasteiger partial charge in [0.15, 0.2) is 0 Å². The zero-order valence-corrected chi connectivity index (χ0v) is 16.3. The Bertz CT molecular complexity index is 828. The second kappa shape index (κ2) is 7.36. The molecule has 1 saturated carbocycles. The molecule has 0 aromatic carbocycles. The lowest BCUT2D eigenvalue weighted by molar-refractivity contribution is -0.147. The van der Waals surface area contributed by atoms with Crippen LogP contribution >= 0.6 is 22.9 Å². The van der Waals surface area contributed by atoms with Crippen molar-refractivity contribution in [1.82, 2.24) is 0 Å². The van der Waals surface area contributed by atoms with Crippen molar-refractivity contribution in [3.8, 4) is 0 Å². The maximum absolute atomic E-state index is 14.6. The smallest absolute Gasteiger partial charge is 0.311 e. The molecule has 27 heavy (non-hydrogen) atoms. The van der Waals surface area contributed by atoms with Crippen LogP contribution in [0.3, 0.4) is 0 Å². The van der Waals surface area contributed by atoms with E-state index in [0.29, 0.717) is 35.3 Å². The minimum Gasteiger partial charge on any atom is -0.462 e. The fourth-order valence-electron chi connectivity index (χ4n) is 4.03. The van der Waals surface area contributed by atoms with Gasteiger partial charge in [-0.15, -0.1) is 11.3 Å². The fraction of sp³-hybridized carbons (Fsp3) is 0.526. The SMILES string of the molecule is O=C(Cc1sc(F)c(N2C(=O)C3=C(CCCC3)C2=O)c1Cl)OC1CCCC1. The highest BCUT2D eigenvalue weighted by atomic mass is 35.5. The first-order valence-electron chi connectivity index (χ1n) is 9.24. The van der Waals surface area contributed by atoms with Crippen molar-refractivity contribution in [2.45, 2.75) is 63.9 Å². The van der Waals surface area contributed by atoms with Crippen LogP contribution in [-0.4, -0.2) is 23.9 Å². The van der Waals surface area contributed by atoms with Crippen LogP contribution in [0, 0.1) is 5.13 Å². The van der Waals surface area contributed by atoms with Gasteiger partial charge in [0.05, 0.1) is 11.4 Å². The number of imide groups is 1. The highest BCUT2D eigenvalue weighted by molar-refractivity contribution is 7.11. The van der Waals surface area contributed by atoms with Gasteiger partial charge in [0, 0.05) is 16.0 Å². The van der Waals surface area contributed by atoms with Crippen molar-refractivity contribution >= 4 is 46.4 Å². The van der Waals surface area contributed by atoms with Crippen molar-refractivity contribution in [2.75, 3.05) is 4.90 Å². The lowest BCUT2D eigenvalue weighted by atomic mass is 9.93. The molecule has 1 fully saturated rings. The monoisotopic (exact) mass is 411 g/mol. The molecule has 0 bridgehead atoms. The second-order valence-corrected chi connectivity index (χ2v) is 8.58. The van der Waals surface area contributed by atoms with Gasteiger partial charge in [0.1, 0.15) is 11.8 Å². The number of carbonyl (C=O) groups excluding carboxylic acids is 3. The predicted molar refractivity (Wildman–Crippen MR) is 99.3 cm³/mol. The van der Waals surface area contributed by atoms with Crippen molar-refractivity contribution < 1.29 is 23.5 Å². The van der Waals surface area contributed by atoms with Crippen LogP contribution in [0.2, 0.25) is 5.02 Å². The fourth-order valence-corrected chi connectivity index (χ4v) is 5.32. The molecule has 0 N–H and O–H groups in total. The average Bonchev–Trinajstić information content (AvgIpc) is 3.30. The van der Waals surface area contributed by atoms with Gasteiger partial charge in [0.2, 0.25) is 5.13 Å². The van der Waals surface area contributed by atoms with Crippen molar-refractivity contribution in [2.24, 2.45) is 0 Å². The summed E-state index contributed by atoms with van der Waals surface area (Å²) in [6.45, 7) is 0. The molecule has 1 aromatic rings. The third-order valence-electron chi connectivity index (χ3n) is 5.37. The van der Waals surface area contributed by atoms with Gasteiger partial charge < -0.3 is 4.74 Å². The van der Waals surface area contributed by atoms with E-state index in [-0.39, 0.29) is 28.1 Å². The minimum absolute atomic E-state index is 0.0533. The van der Waals surface area contributed by atoms with E-state index in [1.165, 1.54) is 0 Å². The third kappa shape index (κ3) is 3.31. The first-order chi connectivity index (χ1) is 13.0. The average molecular weight is 412 g/mol. The van der Waals surface area contributed by atoms with Gasteiger partial charge in [-0.3, -0.25) is 14.4 Å². The first-order valence-corrected chi connectivity index (χ1v) is 10.4. The van der Waals surface area contributed by atoms with E-state index in [4.69, 9.17) is 16.3 Å². The number of hydrogen-bond donors (Lipinski definition) is 0. The largest absolute Gasteiger partial charge is 0.462 e. The first kappa shape index (κ1) is 18.6. The summed E-state index contributed by atoms with van der Waals surface area (Å²) in [4.78, 5) is 38.6. The number of carbonyl (C=O) groups is 3. The van der Waals surface area contributed by atoms with Gasteiger partial charge in [-0.1, -0.05) is 11.6 Å². The number of nitrogens with zero attached hydrogens (tertiary/aromatic N) is 1. The summed E-state index contributed by atoms with van der Waals surface area (Å²) in [6.07, 6.45) is 6.24. The standard InChI is InChI=1S/C19H19ClFNO4S/c20-15-13(9-14(23)26-10-5-1-2-6-10)27-17(21)16(15)22-18(24)11-7-3-4-8-12(11)19(22)25/h10H,1-9H2.